The molecule has 1 rings (SSSR count). The fourth-order valence-corrected chi connectivity index (χ4v) is 2.05. The third kappa shape index (κ3) is 5.50. The van der Waals surface area contributed by atoms with Crippen LogP contribution in [0.15, 0.2) is 18.2 Å². The van der Waals surface area contributed by atoms with Gasteiger partial charge in [0, 0.05) is 18.2 Å². The van der Waals surface area contributed by atoms with Gasteiger partial charge in [-0.2, -0.15) is 0 Å². The molecular formula is C12H14FIN2O3. The zero-order valence-electron chi connectivity index (χ0n) is 10.2. The monoisotopic (exact) mass is 380 g/mol. The number of amides is 1. The smallest absolute Gasteiger partial charge is 0.273 e. The van der Waals surface area contributed by atoms with E-state index in [1.54, 1.807) is 0 Å². The molecule has 0 radical (unpaired) electrons. The van der Waals surface area contributed by atoms with Crippen molar-refractivity contribution >= 4 is 34.2 Å². The number of hydrogen-bond donors (Lipinski definition) is 1. The van der Waals surface area contributed by atoms with E-state index in [0.717, 1.165) is 41.9 Å². The maximum atomic E-state index is 13.2. The number of nitro groups is 1. The molecule has 0 aliphatic carbocycles. The van der Waals surface area contributed by atoms with Crippen LogP contribution in [0.4, 0.5) is 10.1 Å². The average Bonchev–Trinajstić information content (AvgIpc) is 2.37. The molecule has 0 atom stereocenters. The summed E-state index contributed by atoms with van der Waals surface area (Å²) in [5, 5.41) is 13.2. The van der Waals surface area contributed by atoms with Gasteiger partial charge in [0.25, 0.3) is 11.6 Å². The lowest BCUT2D eigenvalue weighted by Crippen LogP contribution is -2.24. The molecule has 5 nitrogen and oxygen atoms in total. The Hall–Kier alpha value is -1.25. The summed E-state index contributed by atoms with van der Waals surface area (Å²) >= 11 is 2.28. The minimum Gasteiger partial charge on any atom is -0.352 e. The summed E-state index contributed by atoms with van der Waals surface area (Å²) in [7, 11) is 0. The molecule has 0 spiro atoms. The predicted octanol–water partition coefficient (Wildman–Crippen LogP) is 3.07. The first kappa shape index (κ1) is 15.8. The molecule has 19 heavy (non-hydrogen) atoms. The van der Waals surface area contributed by atoms with Crippen molar-refractivity contribution in [1.82, 2.24) is 5.32 Å². The van der Waals surface area contributed by atoms with E-state index in [9.17, 15) is 19.3 Å². The molecule has 1 aromatic carbocycles. The van der Waals surface area contributed by atoms with E-state index in [2.05, 4.69) is 27.9 Å². The minimum atomic E-state index is -0.788. The second-order valence-electron chi connectivity index (χ2n) is 3.96. The van der Waals surface area contributed by atoms with Crippen LogP contribution in [-0.4, -0.2) is 21.8 Å². The van der Waals surface area contributed by atoms with Gasteiger partial charge in [-0.25, -0.2) is 4.39 Å². The molecule has 0 unspecified atom stereocenters. The van der Waals surface area contributed by atoms with E-state index in [-0.39, 0.29) is 5.56 Å². The zero-order valence-corrected chi connectivity index (χ0v) is 12.4. The number of carbonyl (C=O) groups excluding carboxylic acids is 1. The van der Waals surface area contributed by atoms with Crippen molar-refractivity contribution in [3.63, 3.8) is 0 Å². The Kier molecular flexibility index (Phi) is 6.68. The van der Waals surface area contributed by atoms with Gasteiger partial charge in [0.05, 0.1) is 11.0 Å². The summed E-state index contributed by atoms with van der Waals surface area (Å²) in [6.45, 7) is 0.486. The lowest BCUT2D eigenvalue weighted by molar-refractivity contribution is -0.385. The number of alkyl halides is 1. The first-order valence-electron chi connectivity index (χ1n) is 5.83. The molecule has 7 heteroatoms. The predicted molar refractivity (Wildman–Crippen MR) is 78.1 cm³/mol. The minimum absolute atomic E-state index is 0.0272. The van der Waals surface area contributed by atoms with Crippen molar-refractivity contribution < 1.29 is 14.1 Å². The molecule has 0 saturated heterocycles. The summed E-state index contributed by atoms with van der Waals surface area (Å²) in [6.07, 6.45) is 2.93. The van der Waals surface area contributed by atoms with Crippen molar-refractivity contribution in [3.05, 3.63) is 39.7 Å². The maximum Gasteiger partial charge on any atom is 0.273 e. The van der Waals surface area contributed by atoms with Crippen molar-refractivity contribution in [2.24, 2.45) is 0 Å². The largest absolute Gasteiger partial charge is 0.352 e. The van der Waals surface area contributed by atoms with Gasteiger partial charge in [0.15, 0.2) is 0 Å². The number of benzene rings is 1. The zero-order chi connectivity index (χ0) is 14.3. The normalized spacial score (nSPS) is 10.2. The van der Waals surface area contributed by atoms with Crippen LogP contribution in [0.25, 0.3) is 0 Å². The Bertz CT molecular complexity index is 468. The quantitative estimate of drug-likeness (QED) is 0.260. The first-order valence-corrected chi connectivity index (χ1v) is 7.36. The fraction of sp³-hybridized carbons (Fsp3) is 0.417. The van der Waals surface area contributed by atoms with Gasteiger partial charge in [-0.15, -0.1) is 0 Å². The topological polar surface area (TPSA) is 72.2 Å². The number of halogens is 2. The van der Waals surface area contributed by atoms with Crippen LogP contribution in [-0.2, 0) is 0 Å². The van der Waals surface area contributed by atoms with Gasteiger partial charge in [0.2, 0.25) is 0 Å². The lowest BCUT2D eigenvalue weighted by atomic mass is 10.1. The van der Waals surface area contributed by atoms with E-state index in [4.69, 9.17) is 0 Å². The van der Waals surface area contributed by atoms with Crippen LogP contribution in [0.2, 0.25) is 0 Å². The Labute approximate surface area is 123 Å². The van der Waals surface area contributed by atoms with Crippen LogP contribution in [0.5, 0.6) is 0 Å². The van der Waals surface area contributed by atoms with E-state index in [0.29, 0.717) is 6.54 Å². The number of carbonyl (C=O) groups is 1. The Morgan fingerprint density at radius 3 is 2.68 bits per heavy atom. The SMILES string of the molecule is O=C(NCCCCCI)c1cc(F)cc([N+](=O)[O-])c1. The molecule has 0 heterocycles. The van der Waals surface area contributed by atoms with E-state index < -0.39 is 22.3 Å². The van der Waals surface area contributed by atoms with Crippen LogP contribution < -0.4 is 5.32 Å². The third-order valence-corrected chi connectivity index (χ3v) is 3.21. The molecule has 104 valence electrons. The molecule has 0 aromatic heterocycles. The van der Waals surface area contributed by atoms with Gasteiger partial charge < -0.3 is 5.32 Å². The highest BCUT2D eigenvalue weighted by Gasteiger charge is 2.14. The number of rotatable bonds is 7. The summed E-state index contributed by atoms with van der Waals surface area (Å²) in [4.78, 5) is 21.5. The second-order valence-corrected chi connectivity index (χ2v) is 5.04. The maximum absolute atomic E-state index is 13.2. The first-order chi connectivity index (χ1) is 9.04. The van der Waals surface area contributed by atoms with Crippen molar-refractivity contribution in [2.45, 2.75) is 19.3 Å². The molecule has 1 amide bonds. The summed E-state index contributed by atoms with van der Waals surface area (Å²) in [6, 6.07) is 2.85. The highest BCUT2D eigenvalue weighted by Crippen LogP contribution is 2.16. The summed E-state index contributed by atoms with van der Waals surface area (Å²) in [5.74, 6) is -1.28. The molecule has 1 aromatic rings. The van der Waals surface area contributed by atoms with Gasteiger partial charge >= 0.3 is 0 Å². The molecule has 0 saturated carbocycles. The van der Waals surface area contributed by atoms with E-state index in [1.807, 2.05) is 0 Å². The highest BCUT2D eigenvalue weighted by molar-refractivity contribution is 14.1. The number of hydrogen-bond acceptors (Lipinski definition) is 3. The number of non-ortho nitro benzene ring substituents is 1. The number of nitro benzene ring substituents is 1. The molecule has 0 aliphatic heterocycles. The van der Waals surface area contributed by atoms with Crippen molar-refractivity contribution in [2.75, 3.05) is 11.0 Å². The van der Waals surface area contributed by atoms with Crippen molar-refractivity contribution in [1.29, 1.82) is 0 Å². The molecular weight excluding hydrogens is 366 g/mol. The van der Waals surface area contributed by atoms with Crippen LogP contribution >= 0.6 is 22.6 Å². The molecule has 0 bridgehead atoms. The Morgan fingerprint density at radius 2 is 2.05 bits per heavy atom. The Morgan fingerprint density at radius 1 is 1.32 bits per heavy atom. The summed E-state index contributed by atoms with van der Waals surface area (Å²) < 4.78 is 14.2. The third-order valence-electron chi connectivity index (χ3n) is 2.45. The lowest BCUT2D eigenvalue weighted by Gasteiger charge is -2.05. The van der Waals surface area contributed by atoms with Gasteiger partial charge in [-0.1, -0.05) is 29.0 Å². The van der Waals surface area contributed by atoms with Gasteiger partial charge in [0.1, 0.15) is 5.82 Å². The van der Waals surface area contributed by atoms with Crippen LogP contribution in [0.1, 0.15) is 29.6 Å². The fourth-order valence-electron chi connectivity index (χ4n) is 1.51. The standard InChI is InChI=1S/C12H14FIN2O3/c13-10-6-9(7-11(8-10)16(18)19)12(17)15-5-3-1-2-4-14/h6-8H,1-5H2,(H,15,17). The molecule has 0 aliphatic rings. The Balaban J connectivity index is 2.59. The molecule has 1 N–H and O–H groups in total. The van der Waals surface area contributed by atoms with E-state index in [1.165, 1.54) is 0 Å². The number of unbranched alkanes of at least 4 members (excludes halogenated alkanes) is 2. The van der Waals surface area contributed by atoms with E-state index >= 15 is 0 Å². The second kappa shape index (κ2) is 8.03. The number of nitrogens with one attached hydrogen (secondary N) is 1. The molecule has 0 fully saturated rings. The van der Waals surface area contributed by atoms with Crippen molar-refractivity contribution in [3.8, 4) is 0 Å². The van der Waals surface area contributed by atoms with Crippen LogP contribution in [0, 0.1) is 15.9 Å². The average molecular weight is 380 g/mol. The van der Waals surface area contributed by atoms with Crippen LogP contribution in [0.3, 0.4) is 0 Å². The van der Waals surface area contributed by atoms with Gasteiger partial charge in [-0.3, -0.25) is 14.9 Å². The van der Waals surface area contributed by atoms with Gasteiger partial charge in [-0.05, 0) is 23.3 Å². The highest BCUT2D eigenvalue weighted by atomic mass is 127. The number of nitrogens with zero attached hydrogens (tertiary/aromatic N) is 1. The summed E-state index contributed by atoms with van der Waals surface area (Å²) in [5.41, 5.74) is -0.448.